The Morgan fingerprint density at radius 2 is 1.81 bits per heavy atom. The second-order valence-corrected chi connectivity index (χ2v) is 9.79. The molecule has 0 heterocycles. The number of amides is 1. The number of nitrogens with zero attached hydrogens (tertiary/aromatic N) is 1. The number of halogens is 2. The number of nitrogens with one attached hydrogen (secondary N) is 1. The Bertz CT molecular complexity index is 903. The maximum absolute atomic E-state index is 12.3. The number of carbonyl (C=O) groups is 1. The zero-order chi connectivity index (χ0) is 20.0. The summed E-state index contributed by atoms with van der Waals surface area (Å²) in [5.74, 6) is 1.29. The monoisotopic (exact) mass is 446 g/mol. The van der Waals surface area contributed by atoms with Gasteiger partial charge in [-0.15, -0.1) is 0 Å². The Labute approximate surface area is 174 Å². The number of sulfonamides is 1. The van der Waals surface area contributed by atoms with Gasteiger partial charge < -0.3 is 5.32 Å². The number of anilines is 1. The van der Waals surface area contributed by atoms with Crippen LogP contribution in [0.25, 0.3) is 0 Å². The molecule has 1 amide bonds. The van der Waals surface area contributed by atoms with Crippen LogP contribution >= 0.6 is 35.0 Å². The van der Waals surface area contributed by atoms with Crippen molar-refractivity contribution in [3.63, 3.8) is 0 Å². The standard InChI is InChI=1S/C18H20Cl2N2O3S2/c1-22(27(2,24)25)15-7-8-16(17(20)11-15)18(23)21-9-10-26-12-13-3-5-14(19)6-4-13/h3-8,11H,9-10,12H2,1-2H3,(H,21,23). The van der Waals surface area contributed by atoms with Gasteiger partial charge in [0.15, 0.2) is 0 Å². The molecule has 146 valence electrons. The Morgan fingerprint density at radius 1 is 1.15 bits per heavy atom. The van der Waals surface area contributed by atoms with Gasteiger partial charge in [-0.2, -0.15) is 11.8 Å². The highest BCUT2D eigenvalue weighted by Crippen LogP contribution is 2.24. The van der Waals surface area contributed by atoms with Gasteiger partial charge in [0.2, 0.25) is 10.0 Å². The summed E-state index contributed by atoms with van der Waals surface area (Å²) in [5.41, 5.74) is 1.88. The minimum Gasteiger partial charge on any atom is -0.351 e. The highest BCUT2D eigenvalue weighted by atomic mass is 35.5. The van der Waals surface area contributed by atoms with E-state index in [0.29, 0.717) is 22.8 Å². The van der Waals surface area contributed by atoms with E-state index in [-0.39, 0.29) is 10.9 Å². The van der Waals surface area contributed by atoms with Crippen molar-refractivity contribution in [2.45, 2.75) is 5.75 Å². The van der Waals surface area contributed by atoms with E-state index in [2.05, 4.69) is 5.32 Å². The molecule has 2 rings (SSSR count). The Balaban J connectivity index is 1.84. The Hall–Kier alpha value is -1.41. The lowest BCUT2D eigenvalue weighted by Crippen LogP contribution is -2.27. The summed E-state index contributed by atoms with van der Waals surface area (Å²) >= 11 is 13.7. The van der Waals surface area contributed by atoms with Crippen molar-refractivity contribution in [3.05, 3.63) is 63.6 Å². The molecule has 0 aliphatic carbocycles. The second kappa shape index (κ2) is 9.68. The third kappa shape index (κ3) is 6.60. The topological polar surface area (TPSA) is 66.5 Å². The van der Waals surface area contributed by atoms with Gasteiger partial charge in [-0.3, -0.25) is 9.10 Å². The molecular weight excluding hydrogens is 427 g/mol. The van der Waals surface area contributed by atoms with Crippen LogP contribution in [0.4, 0.5) is 5.69 Å². The van der Waals surface area contributed by atoms with Gasteiger partial charge in [0.05, 0.1) is 22.5 Å². The van der Waals surface area contributed by atoms with Crippen molar-refractivity contribution < 1.29 is 13.2 Å². The van der Waals surface area contributed by atoms with Crippen LogP contribution in [0, 0.1) is 0 Å². The third-order valence-electron chi connectivity index (χ3n) is 3.77. The Morgan fingerprint density at radius 3 is 2.41 bits per heavy atom. The van der Waals surface area contributed by atoms with Gasteiger partial charge in [0.1, 0.15) is 0 Å². The van der Waals surface area contributed by atoms with Crippen molar-refractivity contribution in [3.8, 4) is 0 Å². The molecule has 1 N–H and O–H groups in total. The molecule has 5 nitrogen and oxygen atoms in total. The zero-order valence-corrected chi connectivity index (χ0v) is 18.1. The summed E-state index contributed by atoms with van der Waals surface area (Å²) in [4.78, 5) is 12.3. The molecule has 0 atom stereocenters. The summed E-state index contributed by atoms with van der Waals surface area (Å²) in [6.45, 7) is 0.498. The zero-order valence-electron chi connectivity index (χ0n) is 14.9. The molecule has 0 saturated carbocycles. The van der Waals surface area contributed by atoms with E-state index in [0.717, 1.165) is 22.1 Å². The van der Waals surface area contributed by atoms with E-state index < -0.39 is 10.0 Å². The Kier molecular flexibility index (Phi) is 7.85. The highest BCUT2D eigenvalue weighted by molar-refractivity contribution is 7.98. The van der Waals surface area contributed by atoms with Crippen LogP contribution in [-0.2, 0) is 15.8 Å². The van der Waals surface area contributed by atoms with Crippen molar-refractivity contribution in [1.82, 2.24) is 5.32 Å². The van der Waals surface area contributed by atoms with E-state index in [1.165, 1.54) is 24.7 Å². The lowest BCUT2D eigenvalue weighted by Gasteiger charge is -2.17. The molecule has 9 heteroatoms. The van der Waals surface area contributed by atoms with Crippen molar-refractivity contribution in [2.24, 2.45) is 0 Å². The quantitative estimate of drug-likeness (QED) is 0.620. The first-order valence-corrected chi connectivity index (χ1v) is 11.8. The number of hydrogen-bond acceptors (Lipinski definition) is 4. The fraction of sp³-hybridized carbons (Fsp3) is 0.278. The first kappa shape index (κ1) is 21.9. The van der Waals surface area contributed by atoms with Gasteiger partial charge >= 0.3 is 0 Å². The summed E-state index contributed by atoms with van der Waals surface area (Å²) in [5, 5.41) is 3.73. The summed E-state index contributed by atoms with van der Waals surface area (Å²) in [6, 6.07) is 12.2. The molecule has 0 aliphatic heterocycles. The molecule has 0 spiro atoms. The molecule has 0 bridgehead atoms. The first-order chi connectivity index (χ1) is 12.7. The lowest BCUT2D eigenvalue weighted by atomic mass is 10.2. The van der Waals surface area contributed by atoms with E-state index in [4.69, 9.17) is 23.2 Å². The number of hydrogen-bond donors (Lipinski definition) is 1. The summed E-state index contributed by atoms with van der Waals surface area (Å²) in [7, 11) is -1.96. The average molecular weight is 447 g/mol. The maximum Gasteiger partial charge on any atom is 0.252 e. The van der Waals surface area contributed by atoms with Gasteiger partial charge in [-0.1, -0.05) is 35.3 Å². The maximum atomic E-state index is 12.3. The van der Waals surface area contributed by atoms with Gasteiger partial charge in [0.25, 0.3) is 5.91 Å². The molecular formula is C18H20Cl2N2O3S2. The van der Waals surface area contributed by atoms with Crippen LogP contribution in [0.1, 0.15) is 15.9 Å². The van der Waals surface area contributed by atoms with Crippen molar-refractivity contribution in [1.29, 1.82) is 0 Å². The van der Waals surface area contributed by atoms with Crippen LogP contribution in [0.5, 0.6) is 0 Å². The van der Waals surface area contributed by atoms with E-state index in [1.54, 1.807) is 17.8 Å². The van der Waals surface area contributed by atoms with Crippen molar-refractivity contribution in [2.75, 3.05) is 29.9 Å². The molecule has 0 aliphatic rings. The van der Waals surface area contributed by atoms with Crippen LogP contribution in [-0.4, -0.2) is 39.9 Å². The molecule has 2 aromatic carbocycles. The lowest BCUT2D eigenvalue weighted by molar-refractivity contribution is 0.0956. The number of thioether (sulfide) groups is 1. The summed E-state index contributed by atoms with van der Waals surface area (Å²) in [6.07, 6.45) is 1.10. The van der Waals surface area contributed by atoms with E-state index in [9.17, 15) is 13.2 Å². The molecule has 0 radical (unpaired) electrons. The van der Waals surface area contributed by atoms with Gasteiger partial charge in [-0.05, 0) is 35.9 Å². The fourth-order valence-corrected chi connectivity index (χ4v) is 3.88. The van der Waals surface area contributed by atoms with Crippen LogP contribution in [0.3, 0.4) is 0 Å². The fourth-order valence-electron chi connectivity index (χ4n) is 2.18. The van der Waals surface area contributed by atoms with E-state index in [1.807, 2.05) is 24.3 Å². The largest absolute Gasteiger partial charge is 0.351 e. The number of carbonyl (C=O) groups excluding carboxylic acids is 1. The van der Waals surface area contributed by atoms with Gasteiger partial charge in [-0.25, -0.2) is 8.42 Å². The normalized spacial score (nSPS) is 11.3. The third-order valence-corrected chi connectivity index (χ3v) is 6.57. The number of benzene rings is 2. The minimum absolute atomic E-state index is 0.203. The number of rotatable bonds is 8. The highest BCUT2D eigenvalue weighted by Gasteiger charge is 2.16. The minimum atomic E-state index is -3.39. The first-order valence-electron chi connectivity index (χ1n) is 8.02. The average Bonchev–Trinajstić information content (AvgIpc) is 2.61. The molecule has 2 aromatic rings. The predicted octanol–water partition coefficient (Wildman–Crippen LogP) is 4.05. The smallest absolute Gasteiger partial charge is 0.252 e. The predicted molar refractivity (Wildman–Crippen MR) is 115 cm³/mol. The molecule has 27 heavy (non-hydrogen) atoms. The van der Waals surface area contributed by atoms with Crippen LogP contribution in [0.15, 0.2) is 42.5 Å². The van der Waals surface area contributed by atoms with Gasteiger partial charge in [0, 0.05) is 30.1 Å². The second-order valence-electron chi connectivity index (χ2n) is 5.83. The molecule has 0 unspecified atom stereocenters. The van der Waals surface area contributed by atoms with Crippen LogP contribution < -0.4 is 9.62 Å². The molecule has 0 aromatic heterocycles. The molecule has 0 fully saturated rings. The van der Waals surface area contributed by atoms with E-state index >= 15 is 0 Å². The van der Waals surface area contributed by atoms with Crippen molar-refractivity contribution >= 4 is 56.6 Å². The SMILES string of the molecule is CN(c1ccc(C(=O)NCCSCc2ccc(Cl)cc2)c(Cl)c1)S(C)(=O)=O. The molecule has 0 saturated heterocycles. The summed E-state index contributed by atoms with van der Waals surface area (Å²) < 4.78 is 24.3. The van der Waals surface area contributed by atoms with Crippen LogP contribution in [0.2, 0.25) is 10.0 Å².